The van der Waals surface area contributed by atoms with Crippen LogP contribution in [-0.4, -0.2) is 22.1 Å². The second-order valence-corrected chi connectivity index (χ2v) is 6.27. The molecule has 0 saturated heterocycles. The zero-order valence-electron chi connectivity index (χ0n) is 11.9. The minimum absolute atomic E-state index is 0.353. The zero-order valence-corrected chi connectivity index (χ0v) is 12.7. The van der Waals surface area contributed by atoms with Crippen LogP contribution in [0.15, 0.2) is 18.2 Å². The van der Waals surface area contributed by atoms with Gasteiger partial charge in [-0.15, -0.1) is 0 Å². The van der Waals surface area contributed by atoms with E-state index in [1.807, 2.05) is 6.07 Å². The average molecular weight is 282 g/mol. The third-order valence-electron chi connectivity index (χ3n) is 4.10. The Morgan fingerprint density at radius 3 is 2.58 bits per heavy atom. The maximum Gasteiger partial charge on any atom is 0.120 e. The SMILES string of the molecule is CC(C)N(Cc1cc(Cl)ccc1O)C1CCCCC1. The van der Waals surface area contributed by atoms with E-state index in [4.69, 9.17) is 11.6 Å². The molecule has 1 aromatic rings. The summed E-state index contributed by atoms with van der Waals surface area (Å²) >= 11 is 6.04. The molecule has 0 atom stereocenters. The number of rotatable bonds is 4. The minimum Gasteiger partial charge on any atom is -0.508 e. The molecule has 0 amide bonds. The molecule has 0 radical (unpaired) electrons. The lowest BCUT2D eigenvalue weighted by atomic mass is 9.93. The molecule has 0 aromatic heterocycles. The Bertz CT molecular complexity index is 413. The summed E-state index contributed by atoms with van der Waals surface area (Å²) in [5, 5.41) is 10.7. The molecular weight excluding hydrogens is 258 g/mol. The van der Waals surface area contributed by atoms with E-state index in [1.165, 1.54) is 32.1 Å². The standard InChI is InChI=1S/C16H24ClNO/c1-12(2)18(15-6-4-3-5-7-15)11-13-10-14(17)8-9-16(13)19/h8-10,12,15,19H,3-7,11H2,1-2H3. The first-order valence-corrected chi connectivity index (χ1v) is 7.69. The van der Waals surface area contributed by atoms with E-state index in [2.05, 4.69) is 18.7 Å². The van der Waals surface area contributed by atoms with Crippen LogP contribution in [-0.2, 0) is 6.54 Å². The fraction of sp³-hybridized carbons (Fsp3) is 0.625. The number of phenolic OH excluding ortho intramolecular Hbond substituents is 1. The van der Waals surface area contributed by atoms with Crippen molar-refractivity contribution in [1.29, 1.82) is 0 Å². The van der Waals surface area contributed by atoms with Crippen LogP contribution in [0.1, 0.15) is 51.5 Å². The van der Waals surface area contributed by atoms with Crippen molar-refractivity contribution in [3.8, 4) is 5.75 Å². The van der Waals surface area contributed by atoms with Gasteiger partial charge in [0.15, 0.2) is 0 Å². The van der Waals surface area contributed by atoms with Crippen molar-refractivity contribution in [2.24, 2.45) is 0 Å². The largest absolute Gasteiger partial charge is 0.508 e. The smallest absolute Gasteiger partial charge is 0.120 e. The van der Waals surface area contributed by atoms with Crippen LogP contribution in [0, 0.1) is 0 Å². The highest BCUT2D eigenvalue weighted by Gasteiger charge is 2.24. The van der Waals surface area contributed by atoms with E-state index >= 15 is 0 Å². The maximum atomic E-state index is 9.98. The van der Waals surface area contributed by atoms with E-state index in [0.29, 0.717) is 22.9 Å². The van der Waals surface area contributed by atoms with E-state index in [9.17, 15) is 5.11 Å². The molecule has 19 heavy (non-hydrogen) atoms. The van der Waals surface area contributed by atoms with Gasteiger partial charge in [0.2, 0.25) is 0 Å². The zero-order chi connectivity index (χ0) is 13.8. The molecule has 2 rings (SSSR count). The van der Waals surface area contributed by atoms with Crippen molar-refractivity contribution in [2.75, 3.05) is 0 Å². The number of aromatic hydroxyl groups is 1. The fourth-order valence-corrected chi connectivity index (χ4v) is 3.22. The molecule has 1 saturated carbocycles. The number of nitrogens with zero attached hydrogens (tertiary/aromatic N) is 1. The highest BCUT2D eigenvalue weighted by Crippen LogP contribution is 2.29. The minimum atomic E-state index is 0.353. The van der Waals surface area contributed by atoms with Crippen LogP contribution in [0.2, 0.25) is 5.02 Å². The first-order chi connectivity index (χ1) is 9.08. The molecule has 3 heteroatoms. The maximum absolute atomic E-state index is 9.98. The summed E-state index contributed by atoms with van der Waals surface area (Å²) in [5.74, 6) is 0.353. The van der Waals surface area contributed by atoms with Crippen LogP contribution >= 0.6 is 11.6 Å². The lowest BCUT2D eigenvalue weighted by molar-refractivity contribution is 0.111. The summed E-state index contributed by atoms with van der Waals surface area (Å²) in [7, 11) is 0. The Kier molecular flexibility index (Phi) is 5.12. The highest BCUT2D eigenvalue weighted by atomic mass is 35.5. The summed E-state index contributed by atoms with van der Waals surface area (Å²) in [6.07, 6.45) is 6.58. The van der Waals surface area contributed by atoms with Crippen LogP contribution in [0.25, 0.3) is 0 Å². The molecule has 0 spiro atoms. The lowest BCUT2D eigenvalue weighted by Crippen LogP contribution is -2.41. The molecule has 0 aliphatic heterocycles. The van der Waals surface area contributed by atoms with Gasteiger partial charge in [0, 0.05) is 29.2 Å². The van der Waals surface area contributed by atoms with Gasteiger partial charge in [-0.3, -0.25) is 4.90 Å². The van der Waals surface area contributed by atoms with Crippen molar-refractivity contribution in [3.05, 3.63) is 28.8 Å². The Labute approximate surface area is 121 Å². The predicted octanol–water partition coefficient (Wildman–Crippen LogP) is 4.59. The Balaban J connectivity index is 2.13. The van der Waals surface area contributed by atoms with Crippen LogP contribution in [0.3, 0.4) is 0 Å². The number of hydrogen-bond acceptors (Lipinski definition) is 2. The molecular formula is C16H24ClNO. The van der Waals surface area contributed by atoms with Gasteiger partial charge in [0.1, 0.15) is 5.75 Å². The third kappa shape index (κ3) is 3.87. The van der Waals surface area contributed by atoms with Crippen molar-refractivity contribution in [2.45, 2.75) is 64.6 Å². The van der Waals surface area contributed by atoms with Gasteiger partial charge in [-0.25, -0.2) is 0 Å². The van der Waals surface area contributed by atoms with Crippen molar-refractivity contribution < 1.29 is 5.11 Å². The van der Waals surface area contributed by atoms with Gasteiger partial charge in [-0.2, -0.15) is 0 Å². The Morgan fingerprint density at radius 1 is 1.26 bits per heavy atom. The molecule has 1 aliphatic carbocycles. The predicted molar refractivity (Wildman–Crippen MR) is 80.7 cm³/mol. The number of phenols is 1. The van der Waals surface area contributed by atoms with Crippen molar-refractivity contribution >= 4 is 11.6 Å². The summed E-state index contributed by atoms with van der Waals surface area (Å²) in [5.41, 5.74) is 0.937. The highest BCUT2D eigenvalue weighted by molar-refractivity contribution is 6.30. The topological polar surface area (TPSA) is 23.5 Å². The lowest BCUT2D eigenvalue weighted by Gasteiger charge is -2.37. The summed E-state index contributed by atoms with van der Waals surface area (Å²) in [4.78, 5) is 2.50. The van der Waals surface area contributed by atoms with Crippen LogP contribution in [0.5, 0.6) is 5.75 Å². The molecule has 1 aliphatic rings. The fourth-order valence-electron chi connectivity index (χ4n) is 3.02. The van der Waals surface area contributed by atoms with Crippen LogP contribution < -0.4 is 0 Å². The van der Waals surface area contributed by atoms with Gasteiger partial charge in [-0.1, -0.05) is 30.9 Å². The summed E-state index contributed by atoms with van der Waals surface area (Å²) in [6.45, 7) is 5.25. The second-order valence-electron chi connectivity index (χ2n) is 5.83. The quantitative estimate of drug-likeness (QED) is 0.873. The van der Waals surface area contributed by atoms with Crippen molar-refractivity contribution in [1.82, 2.24) is 4.90 Å². The number of benzene rings is 1. The molecule has 2 nitrogen and oxygen atoms in total. The number of halogens is 1. The van der Waals surface area contributed by atoms with E-state index in [-0.39, 0.29) is 0 Å². The molecule has 0 heterocycles. The second kappa shape index (κ2) is 6.62. The molecule has 106 valence electrons. The first kappa shape index (κ1) is 14.7. The number of hydrogen-bond donors (Lipinski definition) is 1. The monoisotopic (exact) mass is 281 g/mol. The van der Waals surface area contributed by atoms with E-state index < -0.39 is 0 Å². The van der Waals surface area contributed by atoms with Gasteiger partial charge in [0.25, 0.3) is 0 Å². The molecule has 1 fully saturated rings. The van der Waals surface area contributed by atoms with Gasteiger partial charge in [-0.05, 0) is 44.9 Å². The van der Waals surface area contributed by atoms with E-state index in [1.54, 1.807) is 12.1 Å². The first-order valence-electron chi connectivity index (χ1n) is 7.31. The summed E-state index contributed by atoms with van der Waals surface area (Å²) < 4.78 is 0. The average Bonchev–Trinajstić information content (AvgIpc) is 2.40. The summed E-state index contributed by atoms with van der Waals surface area (Å²) in [6, 6.07) is 6.45. The van der Waals surface area contributed by atoms with Gasteiger partial charge < -0.3 is 5.11 Å². The van der Waals surface area contributed by atoms with E-state index in [0.717, 1.165) is 12.1 Å². The third-order valence-corrected chi connectivity index (χ3v) is 4.34. The Morgan fingerprint density at radius 2 is 1.95 bits per heavy atom. The van der Waals surface area contributed by atoms with Gasteiger partial charge in [0.05, 0.1) is 0 Å². The van der Waals surface area contributed by atoms with Gasteiger partial charge >= 0.3 is 0 Å². The molecule has 1 N–H and O–H groups in total. The van der Waals surface area contributed by atoms with Crippen molar-refractivity contribution in [3.63, 3.8) is 0 Å². The normalized spacial score (nSPS) is 17.3. The molecule has 1 aromatic carbocycles. The van der Waals surface area contributed by atoms with Crippen LogP contribution in [0.4, 0.5) is 0 Å². The molecule has 0 unspecified atom stereocenters. The Hall–Kier alpha value is -0.730. The molecule has 0 bridgehead atoms.